The number of rotatable bonds is 3. The fourth-order valence-electron chi connectivity index (χ4n) is 3.01. The molecule has 1 saturated carbocycles. The fraction of sp³-hybridized carbons (Fsp3) is 0.500. The first-order valence-corrected chi connectivity index (χ1v) is 7.73. The summed E-state index contributed by atoms with van der Waals surface area (Å²) in [5.41, 5.74) is 7.55. The quantitative estimate of drug-likeness (QED) is 0.875. The molecule has 1 aliphatic carbocycles. The van der Waals surface area contributed by atoms with Gasteiger partial charge in [0.15, 0.2) is 5.82 Å². The Kier molecular flexibility index (Phi) is 3.74. The van der Waals surface area contributed by atoms with Gasteiger partial charge in [-0.3, -0.25) is 0 Å². The summed E-state index contributed by atoms with van der Waals surface area (Å²) < 4.78 is 2.85. The van der Waals surface area contributed by atoms with Crippen LogP contribution in [0.3, 0.4) is 0 Å². The molecule has 1 aliphatic rings. The van der Waals surface area contributed by atoms with E-state index in [0.29, 0.717) is 11.6 Å². The Bertz CT molecular complexity index is 589. The third-order valence-corrected chi connectivity index (χ3v) is 4.40. The van der Waals surface area contributed by atoms with E-state index in [1.165, 1.54) is 19.3 Å². The van der Waals surface area contributed by atoms with E-state index in [9.17, 15) is 0 Å². The molecule has 106 valence electrons. The summed E-state index contributed by atoms with van der Waals surface area (Å²) in [4.78, 5) is 0. The van der Waals surface area contributed by atoms with Crippen molar-refractivity contribution in [1.82, 2.24) is 20.2 Å². The van der Waals surface area contributed by atoms with E-state index in [2.05, 4.69) is 38.4 Å². The average molecular weight is 336 g/mol. The minimum absolute atomic E-state index is 0.678. The van der Waals surface area contributed by atoms with Gasteiger partial charge in [0.2, 0.25) is 0 Å². The molecular weight excluding hydrogens is 318 g/mol. The average Bonchev–Trinajstić information content (AvgIpc) is 2.98. The second-order valence-corrected chi connectivity index (χ2v) is 6.66. The van der Waals surface area contributed by atoms with Gasteiger partial charge in [-0.2, -0.15) is 0 Å². The molecule has 0 aliphatic heterocycles. The molecule has 2 N–H and O–H groups in total. The second kappa shape index (κ2) is 5.52. The summed E-state index contributed by atoms with van der Waals surface area (Å²) in [6.45, 7) is 3.20. The van der Waals surface area contributed by atoms with Crippen molar-refractivity contribution in [2.75, 3.05) is 5.73 Å². The summed E-state index contributed by atoms with van der Waals surface area (Å²) >= 11 is 3.46. The van der Waals surface area contributed by atoms with E-state index >= 15 is 0 Å². The molecule has 1 aromatic heterocycles. The van der Waals surface area contributed by atoms with Crippen molar-refractivity contribution in [2.45, 2.75) is 32.7 Å². The molecule has 1 aromatic carbocycles. The highest BCUT2D eigenvalue weighted by Crippen LogP contribution is 2.32. The molecule has 2 aromatic rings. The highest BCUT2D eigenvalue weighted by Gasteiger charge is 2.23. The van der Waals surface area contributed by atoms with Gasteiger partial charge in [0, 0.05) is 22.3 Å². The van der Waals surface area contributed by atoms with Gasteiger partial charge in [0.25, 0.3) is 0 Å². The lowest BCUT2D eigenvalue weighted by atomic mass is 10.1. The van der Waals surface area contributed by atoms with Crippen molar-refractivity contribution in [1.29, 1.82) is 0 Å². The Morgan fingerprint density at radius 2 is 2.20 bits per heavy atom. The smallest absolute Gasteiger partial charge is 0.182 e. The lowest BCUT2D eigenvalue weighted by Crippen LogP contribution is -2.11. The van der Waals surface area contributed by atoms with Crippen molar-refractivity contribution >= 4 is 21.6 Å². The van der Waals surface area contributed by atoms with Crippen LogP contribution < -0.4 is 5.73 Å². The largest absolute Gasteiger partial charge is 0.399 e. The zero-order chi connectivity index (χ0) is 14.1. The van der Waals surface area contributed by atoms with Crippen molar-refractivity contribution < 1.29 is 0 Å². The highest BCUT2D eigenvalue weighted by molar-refractivity contribution is 9.10. The molecule has 3 rings (SSSR count). The predicted molar refractivity (Wildman–Crippen MR) is 81.9 cm³/mol. The molecule has 0 saturated heterocycles. The summed E-state index contributed by atoms with van der Waals surface area (Å²) in [6.07, 6.45) is 3.84. The zero-order valence-electron chi connectivity index (χ0n) is 11.5. The van der Waals surface area contributed by atoms with Crippen LogP contribution in [-0.2, 0) is 6.54 Å². The van der Waals surface area contributed by atoms with Crippen LogP contribution in [-0.4, -0.2) is 20.2 Å². The third kappa shape index (κ3) is 2.85. The van der Waals surface area contributed by atoms with Gasteiger partial charge in [0.05, 0.1) is 0 Å². The molecule has 0 radical (unpaired) electrons. The van der Waals surface area contributed by atoms with Crippen molar-refractivity contribution in [2.24, 2.45) is 11.8 Å². The van der Waals surface area contributed by atoms with Gasteiger partial charge >= 0.3 is 0 Å². The summed E-state index contributed by atoms with van der Waals surface area (Å²) in [5.74, 6) is 2.29. The van der Waals surface area contributed by atoms with Crippen LogP contribution in [0.2, 0.25) is 0 Å². The number of halogens is 1. The molecule has 1 heterocycles. The maximum atomic E-state index is 5.89. The number of hydrogen-bond donors (Lipinski definition) is 1. The Balaban J connectivity index is 1.86. The predicted octanol–water partition coefficient (Wildman–Crippen LogP) is 3.12. The number of tetrazole rings is 1. The zero-order valence-corrected chi connectivity index (χ0v) is 13.0. The molecule has 5 nitrogen and oxygen atoms in total. The Morgan fingerprint density at radius 3 is 2.90 bits per heavy atom. The molecule has 1 fully saturated rings. The Morgan fingerprint density at radius 1 is 1.35 bits per heavy atom. The van der Waals surface area contributed by atoms with Crippen LogP contribution in [0.25, 0.3) is 11.4 Å². The highest BCUT2D eigenvalue weighted by atomic mass is 79.9. The van der Waals surface area contributed by atoms with Gasteiger partial charge in [-0.25, -0.2) is 4.68 Å². The summed E-state index contributed by atoms with van der Waals surface area (Å²) in [7, 11) is 0. The lowest BCUT2D eigenvalue weighted by Gasteiger charge is -2.11. The molecule has 20 heavy (non-hydrogen) atoms. The lowest BCUT2D eigenvalue weighted by molar-refractivity contribution is 0.412. The van der Waals surface area contributed by atoms with E-state index in [1.54, 1.807) is 0 Å². The number of anilines is 1. The van der Waals surface area contributed by atoms with Gasteiger partial charge in [-0.15, -0.1) is 5.10 Å². The SMILES string of the molecule is CC1CCC(Cn2nnnc2-c2cc(N)cc(Br)c2)C1. The standard InChI is InChI=1S/C14H18BrN5/c1-9-2-3-10(4-9)8-20-14(17-18-19-20)11-5-12(15)7-13(16)6-11/h5-7,9-10H,2-4,8,16H2,1H3. The topological polar surface area (TPSA) is 69.6 Å². The van der Waals surface area contributed by atoms with Crippen molar-refractivity contribution in [3.8, 4) is 11.4 Å². The third-order valence-electron chi connectivity index (χ3n) is 3.94. The van der Waals surface area contributed by atoms with E-state index in [4.69, 9.17) is 5.73 Å². The first-order chi connectivity index (χ1) is 9.61. The summed E-state index contributed by atoms with van der Waals surface area (Å²) in [5, 5.41) is 12.1. The van der Waals surface area contributed by atoms with E-state index in [1.807, 2.05) is 22.9 Å². The van der Waals surface area contributed by atoms with E-state index in [-0.39, 0.29) is 0 Å². The molecule has 2 atom stereocenters. The number of nitrogens with two attached hydrogens (primary N) is 1. The van der Waals surface area contributed by atoms with Crippen molar-refractivity contribution in [3.63, 3.8) is 0 Å². The Hall–Kier alpha value is -1.43. The number of nitrogen functional groups attached to an aromatic ring is 1. The van der Waals surface area contributed by atoms with Gasteiger partial charge in [0.1, 0.15) is 0 Å². The van der Waals surface area contributed by atoms with Gasteiger partial charge in [-0.1, -0.05) is 29.3 Å². The number of nitrogens with zero attached hydrogens (tertiary/aromatic N) is 4. The van der Waals surface area contributed by atoms with Gasteiger partial charge < -0.3 is 5.73 Å². The van der Waals surface area contributed by atoms with Gasteiger partial charge in [-0.05, 0) is 53.3 Å². The summed E-state index contributed by atoms with van der Waals surface area (Å²) in [6, 6.07) is 5.77. The van der Waals surface area contributed by atoms with E-state index < -0.39 is 0 Å². The van der Waals surface area contributed by atoms with Crippen molar-refractivity contribution in [3.05, 3.63) is 22.7 Å². The van der Waals surface area contributed by atoms with Crippen LogP contribution in [0.5, 0.6) is 0 Å². The minimum Gasteiger partial charge on any atom is -0.399 e. The second-order valence-electron chi connectivity index (χ2n) is 5.74. The monoisotopic (exact) mass is 335 g/mol. The van der Waals surface area contributed by atoms with Crippen LogP contribution in [0.15, 0.2) is 22.7 Å². The minimum atomic E-state index is 0.678. The molecule has 6 heteroatoms. The number of benzene rings is 1. The number of aromatic nitrogens is 4. The molecule has 0 amide bonds. The molecular formula is C14H18BrN5. The fourth-order valence-corrected chi connectivity index (χ4v) is 3.52. The van der Waals surface area contributed by atoms with Crippen LogP contribution >= 0.6 is 15.9 Å². The normalized spacial score (nSPS) is 22.3. The maximum absolute atomic E-state index is 5.89. The molecule has 2 unspecified atom stereocenters. The first-order valence-electron chi connectivity index (χ1n) is 6.94. The molecule has 0 spiro atoms. The molecule has 0 bridgehead atoms. The Labute approximate surface area is 126 Å². The number of hydrogen-bond acceptors (Lipinski definition) is 4. The van der Waals surface area contributed by atoms with Crippen LogP contribution in [0.4, 0.5) is 5.69 Å². The maximum Gasteiger partial charge on any atom is 0.182 e. The first kappa shape index (κ1) is 13.5. The van der Waals surface area contributed by atoms with Crippen LogP contribution in [0.1, 0.15) is 26.2 Å². The van der Waals surface area contributed by atoms with E-state index in [0.717, 1.165) is 28.3 Å². The van der Waals surface area contributed by atoms with Crippen LogP contribution in [0, 0.1) is 11.8 Å².